The van der Waals surface area contributed by atoms with Gasteiger partial charge in [-0.05, 0) is 45.2 Å². The number of rotatable bonds is 6. The van der Waals surface area contributed by atoms with Gasteiger partial charge in [-0.25, -0.2) is 4.39 Å². The fourth-order valence-corrected chi connectivity index (χ4v) is 8.01. The monoisotopic (exact) mass is 723 g/mol. The van der Waals surface area contributed by atoms with Crippen molar-refractivity contribution >= 4 is 23.1 Å². The Morgan fingerprint density at radius 3 is 2.71 bits per heavy atom. The molecule has 7 rings (SSSR count). The van der Waals surface area contributed by atoms with E-state index in [1.165, 1.54) is 11.8 Å². The molecule has 2 unspecified atom stereocenters. The molecule has 0 aliphatic carbocycles. The summed E-state index contributed by atoms with van der Waals surface area (Å²) < 4.78 is 73.7. The number of nitrogens with zero attached hydrogens (tertiary/aromatic N) is 7. The molecule has 52 heavy (non-hydrogen) atoms. The zero-order chi connectivity index (χ0) is 37.1. The minimum Gasteiger partial charge on any atom is -0.461 e. The first kappa shape index (κ1) is 35.5. The van der Waals surface area contributed by atoms with E-state index in [1.807, 2.05) is 4.90 Å². The standard InChI is InChI=1S/C36H41F4N9O3/c1-5-8-21-13-23(41)29(37)27(28(21)36(38,39)40)26-14-24-22(18-51-26)32(44-34(43-24)52-19-35-9-6-11-48(35)16-20(2)15-35)47-10-7-12-49-25(17-47)30(42)31(45-49)33(50)46(3)4/h13,26H,2,6-7,9-12,14-19,41-42H2,1,3-4H3. The third kappa shape index (κ3) is 6.19. The van der Waals surface area contributed by atoms with Crippen LogP contribution in [0.2, 0.25) is 0 Å². The molecule has 2 fully saturated rings. The summed E-state index contributed by atoms with van der Waals surface area (Å²) in [7, 11) is 3.25. The lowest BCUT2D eigenvalue weighted by Gasteiger charge is -2.33. The van der Waals surface area contributed by atoms with Crippen molar-refractivity contribution in [3.05, 3.63) is 63.4 Å². The number of nitrogens with two attached hydrogens (primary N) is 2. The number of aryl methyl sites for hydroxylation is 1. The maximum absolute atomic E-state index is 15.7. The predicted octanol–water partition coefficient (Wildman–Crippen LogP) is 4.47. The van der Waals surface area contributed by atoms with Crippen LogP contribution >= 0.6 is 0 Å². The SMILES string of the molecule is C=C1CN2CCCC2(COc2nc3c(c(N4CCCn5nc(C(=O)N(C)C)c(N)c5C4)n2)COC(c2c(F)c(N)cc(C#CC)c2C(F)(F)F)C3)C1. The Labute approximate surface area is 298 Å². The van der Waals surface area contributed by atoms with Gasteiger partial charge in [-0.15, -0.1) is 5.92 Å². The summed E-state index contributed by atoms with van der Waals surface area (Å²) in [6.45, 7) is 8.61. The first-order valence-electron chi connectivity index (χ1n) is 17.2. The van der Waals surface area contributed by atoms with Crippen LogP contribution in [-0.2, 0) is 37.0 Å². The summed E-state index contributed by atoms with van der Waals surface area (Å²) in [6, 6.07) is 0.946. The molecule has 0 radical (unpaired) electrons. The summed E-state index contributed by atoms with van der Waals surface area (Å²) in [4.78, 5) is 28.2. The number of halogens is 4. The number of amides is 1. The number of hydrogen-bond acceptors (Lipinski definition) is 10. The van der Waals surface area contributed by atoms with Crippen LogP contribution in [0.25, 0.3) is 0 Å². The molecular weight excluding hydrogens is 682 g/mol. The number of anilines is 3. The Morgan fingerprint density at radius 2 is 1.98 bits per heavy atom. The number of hydrogen-bond donors (Lipinski definition) is 2. The summed E-state index contributed by atoms with van der Waals surface area (Å²) >= 11 is 0. The fourth-order valence-electron chi connectivity index (χ4n) is 8.01. The van der Waals surface area contributed by atoms with E-state index >= 15 is 4.39 Å². The molecule has 276 valence electrons. The van der Waals surface area contributed by atoms with Crippen LogP contribution in [0.15, 0.2) is 18.2 Å². The highest BCUT2D eigenvalue weighted by Gasteiger charge is 2.47. The highest BCUT2D eigenvalue weighted by atomic mass is 19.4. The Hall–Kier alpha value is -4.88. The Bertz CT molecular complexity index is 2020. The second-order valence-corrected chi connectivity index (χ2v) is 14.1. The van der Waals surface area contributed by atoms with Crippen LogP contribution in [0.4, 0.5) is 34.8 Å². The lowest BCUT2D eigenvalue weighted by molar-refractivity contribution is -0.140. The average molecular weight is 724 g/mol. The average Bonchev–Trinajstić information content (AvgIpc) is 3.66. The fraction of sp³-hybridized carbons (Fsp3) is 0.500. The molecule has 6 heterocycles. The number of aromatic nitrogens is 4. The Kier molecular flexibility index (Phi) is 9.06. The maximum atomic E-state index is 15.7. The van der Waals surface area contributed by atoms with Crippen LogP contribution in [0.5, 0.6) is 6.01 Å². The number of nitrogen functional groups attached to an aromatic ring is 2. The van der Waals surface area contributed by atoms with Gasteiger partial charge >= 0.3 is 12.2 Å². The second kappa shape index (κ2) is 13.3. The topological polar surface area (TPSA) is 141 Å². The van der Waals surface area contributed by atoms with Crippen molar-refractivity contribution in [2.24, 2.45) is 0 Å². The van der Waals surface area contributed by atoms with E-state index < -0.39 is 40.5 Å². The highest BCUT2D eigenvalue weighted by molar-refractivity contribution is 5.97. The zero-order valence-electron chi connectivity index (χ0n) is 29.4. The Balaban J connectivity index is 1.30. The van der Waals surface area contributed by atoms with E-state index in [9.17, 15) is 18.0 Å². The van der Waals surface area contributed by atoms with E-state index in [2.05, 4.69) is 28.4 Å². The number of carbonyl (C=O) groups is 1. The number of carbonyl (C=O) groups excluding carboxylic acids is 1. The number of alkyl halides is 3. The largest absolute Gasteiger partial charge is 0.461 e. The number of benzene rings is 1. The Morgan fingerprint density at radius 1 is 1.19 bits per heavy atom. The molecule has 2 saturated heterocycles. The zero-order valence-corrected chi connectivity index (χ0v) is 29.4. The smallest absolute Gasteiger partial charge is 0.418 e. The number of fused-ring (bicyclic) bond motifs is 3. The predicted molar refractivity (Wildman–Crippen MR) is 185 cm³/mol. The minimum atomic E-state index is -4.95. The molecule has 3 aromatic rings. The van der Waals surface area contributed by atoms with Gasteiger partial charge in [0.2, 0.25) is 0 Å². The molecule has 0 spiro atoms. The van der Waals surface area contributed by atoms with Gasteiger partial charge in [0.1, 0.15) is 12.4 Å². The summed E-state index contributed by atoms with van der Waals surface area (Å²) in [5.41, 5.74) is 12.4. The van der Waals surface area contributed by atoms with Crippen molar-refractivity contribution in [3.8, 4) is 17.9 Å². The van der Waals surface area contributed by atoms with Gasteiger partial charge in [0, 0.05) is 56.8 Å². The molecule has 2 atom stereocenters. The molecule has 0 bridgehead atoms. The van der Waals surface area contributed by atoms with Crippen molar-refractivity contribution in [1.29, 1.82) is 0 Å². The first-order valence-corrected chi connectivity index (χ1v) is 17.2. The molecule has 1 amide bonds. The van der Waals surface area contributed by atoms with E-state index in [1.54, 1.807) is 18.8 Å². The van der Waals surface area contributed by atoms with Crippen LogP contribution in [0, 0.1) is 17.7 Å². The molecule has 12 nitrogen and oxygen atoms in total. The maximum Gasteiger partial charge on any atom is 0.418 e. The van der Waals surface area contributed by atoms with Crippen LogP contribution in [0.3, 0.4) is 0 Å². The third-order valence-corrected chi connectivity index (χ3v) is 10.4. The summed E-state index contributed by atoms with van der Waals surface area (Å²) in [5, 5.41) is 4.51. The van der Waals surface area contributed by atoms with Gasteiger partial charge in [0.05, 0.1) is 53.1 Å². The molecule has 2 aromatic heterocycles. The molecular formula is C36H41F4N9O3. The van der Waals surface area contributed by atoms with Crippen molar-refractivity contribution in [3.63, 3.8) is 0 Å². The van der Waals surface area contributed by atoms with Crippen LogP contribution < -0.4 is 21.1 Å². The first-order chi connectivity index (χ1) is 24.7. The van der Waals surface area contributed by atoms with Gasteiger partial charge in [0.25, 0.3) is 5.91 Å². The number of ether oxygens (including phenoxy) is 2. The molecule has 4 aliphatic heterocycles. The summed E-state index contributed by atoms with van der Waals surface area (Å²) in [6.07, 6.45) is -3.21. The molecule has 1 aromatic carbocycles. The van der Waals surface area contributed by atoms with E-state index in [0.29, 0.717) is 48.9 Å². The molecule has 4 N–H and O–H groups in total. The van der Waals surface area contributed by atoms with Gasteiger partial charge in [-0.3, -0.25) is 14.4 Å². The second-order valence-electron chi connectivity index (χ2n) is 14.1. The quantitative estimate of drug-likeness (QED) is 0.162. The van der Waals surface area contributed by atoms with Crippen molar-refractivity contribution in [2.45, 2.75) is 76.5 Å². The highest BCUT2D eigenvalue weighted by Crippen LogP contribution is 2.45. The van der Waals surface area contributed by atoms with E-state index in [4.69, 9.17) is 30.9 Å². The lowest BCUT2D eigenvalue weighted by Crippen LogP contribution is -2.43. The van der Waals surface area contributed by atoms with Crippen molar-refractivity contribution in [2.75, 3.05) is 56.7 Å². The molecule has 4 aliphatic rings. The lowest BCUT2D eigenvalue weighted by atomic mass is 9.91. The van der Waals surface area contributed by atoms with Gasteiger partial charge in [0.15, 0.2) is 11.5 Å². The van der Waals surface area contributed by atoms with Gasteiger partial charge < -0.3 is 30.7 Å². The minimum absolute atomic E-state index is 0.0453. The van der Waals surface area contributed by atoms with E-state index in [-0.39, 0.29) is 48.4 Å². The molecule has 0 saturated carbocycles. The van der Waals surface area contributed by atoms with Crippen LogP contribution in [-0.4, -0.2) is 81.3 Å². The third-order valence-electron chi connectivity index (χ3n) is 10.4. The van der Waals surface area contributed by atoms with Crippen molar-refractivity contribution < 1.29 is 31.8 Å². The molecule has 16 heteroatoms. The van der Waals surface area contributed by atoms with Crippen LogP contribution in [0.1, 0.15) is 82.8 Å². The van der Waals surface area contributed by atoms with Crippen molar-refractivity contribution in [1.82, 2.24) is 29.5 Å². The summed E-state index contributed by atoms with van der Waals surface area (Å²) in [5.74, 6) is 3.81. The normalized spacial score (nSPS) is 21.6. The van der Waals surface area contributed by atoms with Gasteiger partial charge in [-0.2, -0.15) is 28.2 Å². The van der Waals surface area contributed by atoms with Gasteiger partial charge in [-0.1, -0.05) is 18.1 Å². The van der Waals surface area contributed by atoms with E-state index in [0.717, 1.165) is 44.0 Å².